The lowest BCUT2D eigenvalue weighted by molar-refractivity contribution is -0.131. The molecule has 160 valence electrons. The topological polar surface area (TPSA) is 136 Å². The van der Waals surface area contributed by atoms with Crippen molar-refractivity contribution in [3.63, 3.8) is 0 Å². The van der Waals surface area contributed by atoms with Crippen LogP contribution in [0.4, 0.5) is 11.4 Å². The Morgan fingerprint density at radius 3 is 2.77 bits per heavy atom. The normalized spacial score (nSPS) is 19.9. The zero-order valence-electron chi connectivity index (χ0n) is 16.5. The second-order valence-electron chi connectivity index (χ2n) is 7.16. The molecule has 2 atom stereocenters. The van der Waals surface area contributed by atoms with Crippen LogP contribution in [-0.4, -0.2) is 47.4 Å². The van der Waals surface area contributed by atoms with E-state index in [0.29, 0.717) is 11.3 Å². The number of rotatable bonds is 7. The van der Waals surface area contributed by atoms with Gasteiger partial charge in [0.1, 0.15) is 6.10 Å². The number of benzene rings is 2. The number of aliphatic imine (C=N–C) groups is 1. The summed E-state index contributed by atoms with van der Waals surface area (Å²) in [6, 6.07) is 12.6. The fourth-order valence-electron chi connectivity index (χ4n) is 3.32. The lowest BCUT2D eigenvalue weighted by atomic mass is 10.1. The molecule has 31 heavy (non-hydrogen) atoms. The summed E-state index contributed by atoms with van der Waals surface area (Å²) in [7, 11) is 0. The molecule has 2 aliphatic rings. The Labute approximate surface area is 178 Å². The standard InChI is InChI=1S/C22H22N4O5/c27-18(28)8-6-13-5-7-16(12-17(13)21(29)30)25-20-19(31-20)14-3-1-4-15(11-14)26-22-23-9-2-10-24-22/h1,3-8,11-12,19-20,25H,2,9-10H2,(H,27,28)(H,29,30)(H2,23,24,26)/b8-6+. The van der Waals surface area contributed by atoms with Crippen molar-refractivity contribution >= 4 is 35.3 Å². The second kappa shape index (κ2) is 8.88. The van der Waals surface area contributed by atoms with Crippen LogP contribution >= 0.6 is 0 Å². The summed E-state index contributed by atoms with van der Waals surface area (Å²) in [5.74, 6) is -1.52. The number of nitrogens with zero attached hydrogens (tertiary/aromatic N) is 1. The van der Waals surface area contributed by atoms with E-state index < -0.39 is 11.9 Å². The number of carbonyl (C=O) groups is 2. The fourth-order valence-corrected chi connectivity index (χ4v) is 3.32. The van der Waals surface area contributed by atoms with Crippen LogP contribution in [0.2, 0.25) is 0 Å². The predicted molar refractivity (Wildman–Crippen MR) is 116 cm³/mol. The summed E-state index contributed by atoms with van der Waals surface area (Å²) in [5.41, 5.74) is 2.78. The van der Waals surface area contributed by atoms with Crippen molar-refractivity contribution in [3.05, 3.63) is 65.2 Å². The average Bonchev–Trinajstić information content (AvgIpc) is 3.52. The van der Waals surface area contributed by atoms with Crippen LogP contribution in [0.5, 0.6) is 0 Å². The lowest BCUT2D eigenvalue weighted by Gasteiger charge is -2.16. The maximum Gasteiger partial charge on any atom is 0.336 e. The molecule has 2 unspecified atom stereocenters. The third kappa shape index (κ3) is 5.20. The first-order chi connectivity index (χ1) is 15.0. The molecule has 2 aliphatic heterocycles. The number of aliphatic carboxylic acids is 1. The molecule has 1 fully saturated rings. The Kier molecular flexibility index (Phi) is 5.85. The molecule has 2 heterocycles. The Morgan fingerprint density at radius 2 is 2.03 bits per heavy atom. The molecule has 9 heteroatoms. The van der Waals surface area contributed by atoms with Crippen LogP contribution < -0.4 is 16.0 Å². The molecule has 0 spiro atoms. The highest BCUT2D eigenvalue weighted by atomic mass is 16.6. The first kappa shape index (κ1) is 20.4. The van der Waals surface area contributed by atoms with Gasteiger partial charge in [0, 0.05) is 30.5 Å². The minimum atomic E-state index is -1.14. The van der Waals surface area contributed by atoms with E-state index in [0.717, 1.165) is 42.8 Å². The second-order valence-corrected chi connectivity index (χ2v) is 7.16. The van der Waals surface area contributed by atoms with E-state index in [4.69, 9.17) is 9.84 Å². The van der Waals surface area contributed by atoms with Gasteiger partial charge in [0.15, 0.2) is 12.2 Å². The number of epoxide rings is 1. The van der Waals surface area contributed by atoms with Crippen LogP contribution in [0.25, 0.3) is 6.08 Å². The van der Waals surface area contributed by atoms with Gasteiger partial charge in [0.2, 0.25) is 0 Å². The van der Waals surface area contributed by atoms with Gasteiger partial charge in [-0.3, -0.25) is 4.99 Å². The minimum Gasteiger partial charge on any atom is -0.478 e. The monoisotopic (exact) mass is 422 g/mol. The van der Waals surface area contributed by atoms with Gasteiger partial charge in [-0.2, -0.15) is 0 Å². The van der Waals surface area contributed by atoms with Crippen LogP contribution in [0.1, 0.15) is 34.0 Å². The maximum absolute atomic E-state index is 11.5. The zero-order valence-corrected chi connectivity index (χ0v) is 16.5. The van der Waals surface area contributed by atoms with Crippen LogP contribution in [-0.2, 0) is 9.53 Å². The van der Waals surface area contributed by atoms with Crippen molar-refractivity contribution in [3.8, 4) is 0 Å². The van der Waals surface area contributed by atoms with Gasteiger partial charge in [0.05, 0.1) is 5.56 Å². The molecule has 4 rings (SSSR count). The molecule has 2 aromatic rings. The molecule has 0 amide bonds. The van der Waals surface area contributed by atoms with Crippen molar-refractivity contribution in [2.75, 3.05) is 23.7 Å². The highest BCUT2D eigenvalue weighted by molar-refractivity contribution is 5.95. The molecule has 0 aromatic heterocycles. The quantitative estimate of drug-likeness (QED) is 0.339. The summed E-state index contributed by atoms with van der Waals surface area (Å²) in [6.45, 7) is 1.70. The van der Waals surface area contributed by atoms with E-state index in [-0.39, 0.29) is 17.9 Å². The Bertz CT molecular complexity index is 1070. The first-order valence-electron chi connectivity index (χ1n) is 9.85. The van der Waals surface area contributed by atoms with Crippen LogP contribution in [0.3, 0.4) is 0 Å². The molecular weight excluding hydrogens is 400 g/mol. The minimum absolute atomic E-state index is 0.00616. The van der Waals surface area contributed by atoms with Crippen molar-refractivity contribution in [1.29, 1.82) is 0 Å². The average molecular weight is 422 g/mol. The van der Waals surface area contributed by atoms with Gasteiger partial charge in [-0.25, -0.2) is 9.59 Å². The number of aromatic carboxylic acids is 1. The highest BCUT2D eigenvalue weighted by Crippen LogP contribution is 2.40. The number of anilines is 2. The van der Waals surface area contributed by atoms with E-state index in [9.17, 15) is 14.7 Å². The van der Waals surface area contributed by atoms with Crippen molar-refractivity contribution in [2.24, 2.45) is 4.99 Å². The van der Waals surface area contributed by atoms with Crippen molar-refractivity contribution in [2.45, 2.75) is 18.8 Å². The number of carboxylic acids is 2. The molecule has 0 saturated carbocycles. The summed E-state index contributed by atoms with van der Waals surface area (Å²) >= 11 is 0. The van der Waals surface area contributed by atoms with E-state index in [1.165, 1.54) is 12.1 Å². The van der Waals surface area contributed by atoms with Crippen molar-refractivity contribution < 1.29 is 24.5 Å². The van der Waals surface area contributed by atoms with E-state index in [2.05, 4.69) is 20.9 Å². The summed E-state index contributed by atoms with van der Waals surface area (Å²) in [6.07, 6.45) is 2.74. The third-order valence-corrected chi connectivity index (χ3v) is 4.86. The Hall–Kier alpha value is -3.85. The first-order valence-corrected chi connectivity index (χ1v) is 9.85. The van der Waals surface area contributed by atoms with Crippen LogP contribution in [0.15, 0.2) is 53.5 Å². The molecule has 0 aliphatic carbocycles. The number of hydrogen-bond donors (Lipinski definition) is 5. The maximum atomic E-state index is 11.5. The number of guanidine groups is 1. The van der Waals surface area contributed by atoms with Crippen molar-refractivity contribution in [1.82, 2.24) is 5.32 Å². The molecule has 5 N–H and O–H groups in total. The third-order valence-electron chi connectivity index (χ3n) is 4.86. The lowest BCUT2D eigenvalue weighted by Crippen LogP contribution is -2.35. The van der Waals surface area contributed by atoms with E-state index in [1.807, 2.05) is 24.3 Å². The van der Waals surface area contributed by atoms with Gasteiger partial charge < -0.3 is 30.9 Å². The number of hydrogen-bond acceptors (Lipinski definition) is 7. The fraction of sp³-hybridized carbons (Fsp3) is 0.227. The Balaban J connectivity index is 1.42. The molecule has 1 saturated heterocycles. The van der Waals surface area contributed by atoms with Gasteiger partial charge in [-0.1, -0.05) is 18.2 Å². The molecule has 0 bridgehead atoms. The predicted octanol–water partition coefficient (Wildman–Crippen LogP) is 2.75. The number of carboxylic acid groups (broad SMARTS) is 2. The van der Waals surface area contributed by atoms with Crippen LogP contribution in [0, 0.1) is 0 Å². The van der Waals surface area contributed by atoms with Gasteiger partial charge in [-0.05, 0) is 47.9 Å². The molecular formula is C22H22N4O5. The van der Waals surface area contributed by atoms with Gasteiger partial charge in [0.25, 0.3) is 0 Å². The summed E-state index contributed by atoms with van der Waals surface area (Å²) < 4.78 is 5.74. The molecule has 2 aromatic carbocycles. The summed E-state index contributed by atoms with van der Waals surface area (Å²) in [5, 5.41) is 27.8. The summed E-state index contributed by atoms with van der Waals surface area (Å²) in [4.78, 5) is 26.7. The largest absolute Gasteiger partial charge is 0.478 e. The van der Waals surface area contributed by atoms with Gasteiger partial charge >= 0.3 is 11.9 Å². The zero-order chi connectivity index (χ0) is 21.8. The van der Waals surface area contributed by atoms with E-state index in [1.54, 1.807) is 12.1 Å². The Morgan fingerprint density at radius 1 is 1.16 bits per heavy atom. The molecule has 0 radical (unpaired) electrons. The number of nitrogens with one attached hydrogen (secondary N) is 3. The highest BCUT2D eigenvalue weighted by Gasteiger charge is 2.40. The smallest absolute Gasteiger partial charge is 0.336 e. The molecule has 9 nitrogen and oxygen atoms in total. The van der Waals surface area contributed by atoms with E-state index >= 15 is 0 Å². The van der Waals surface area contributed by atoms with Gasteiger partial charge in [-0.15, -0.1) is 0 Å². The SMILES string of the molecule is O=C(O)/C=C/c1ccc(NC2OC2c2cccc(NC3=NCCCN3)c2)cc1C(=O)O. The number of ether oxygens (including phenoxy) is 1.